The fourth-order valence-electron chi connectivity index (χ4n) is 3.02. The van der Waals surface area contributed by atoms with Gasteiger partial charge in [0.1, 0.15) is 0 Å². The van der Waals surface area contributed by atoms with E-state index in [2.05, 4.69) is 0 Å². The Morgan fingerprint density at radius 1 is 1.32 bits per heavy atom. The van der Waals surface area contributed by atoms with Crippen LogP contribution in [0, 0.1) is 5.41 Å². The number of nitrogens with two attached hydrogens (primary N) is 1. The van der Waals surface area contributed by atoms with Crippen molar-refractivity contribution in [1.82, 2.24) is 4.90 Å². The van der Waals surface area contributed by atoms with Gasteiger partial charge in [0.2, 0.25) is 5.91 Å². The Bertz CT molecular complexity index is 536. The normalized spacial score (nSPS) is 14.3. The lowest BCUT2D eigenvalue weighted by Crippen LogP contribution is -2.49. The fraction of sp³-hybridized carbons (Fsp3) is 0.562. The Hall–Kier alpha value is -0.480. The average Bonchev–Trinajstić information content (AvgIpc) is 2.49. The molecule has 0 aliphatic carbocycles. The predicted molar refractivity (Wildman–Crippen MR) is 94.9 cm³/mol. The van der Waals surface area contributed by atoms with Crippen LogP contribution in [-0.4, -0.2) is 23.9 Å². The topological polar surface area (TPSA) is 46.3 Å². The molecule has 0 unspecified atom stereocenters. The third-order valence-corrected chi connectivity index (χ3v) is 5.29. The Balaban J connectivity index is 0.00000242. The van der Waals surface area contributed by atoms with E-state index in [4.69, 9.17) is 28.9 Å². The van der Waals surface area contributed by atoms with E-state index in [0.29, 0.717) is 29.7 Å². The second kappa shape index (κ2) is 7.87. The van der Waals surface area contributed by atoms with Crippen molar-refractivity contribution in [3.05, 3.63) is 33.3 Å². The molecule has 0 fully saturated rings. The summed E-state index contributed by atoms with van der Waals surface area (Å²) in [5.41, 5.74) is 7.60. The minimum absolute atomic E-state index is 0. The summed E-state index contributed by atoms with van der Waals surface area (Å²) < 4.78 is 0. The van der Waals surface area contributed by atoms with Gasteiger partial charge in [-0.05, 0) is 42.5 Å². The van der Waals surface area contributed by atoms with Gasteiger partial charge in [-0.1, -0.05) is 37.0 Å². The zero-order valence-electron chi connectivity index (χ0n) is 13.0. The van der Waals surface area contributed by atoms with Gasteiger partial charge in [0.25, 0.3) is 0 Å². The minimum atomic E-state index is -0.448. The first-order valence-corrected chi connectivity index (χ1v) is 8.19. The molecule has 0 bridgehead atoms. The van der Waals surface area contributed by atoms with E-state index in [-0.39, 0.29) is 18.3 Å². The lowest BCUT2D eigenvalue weighted by molar-refractivity contribution is -0.143. The van der Waals surface area contributed by atoms with E-state index in [0.717, 1.165) is 30.4 Å². The van der Waals surface area contributed by atoms with Gasteiger partial charge in [0.05, 0.1) is 5.41 Å². The van der Waals surface area contributed by atoms with Crippen LogP contribution in [-0.2, 0) is 17.8 Å². The SMILES string of the molecule is CCC(CC)(CN)C(=O)N1CCc2cc(Cl)cc(Cl)c2C1.Cl. The first kappa shape index (κ1) is 19.6. The number of carbonyl (C=O) groups is 1. The molecule has 22 heavy (non-hydrogen) atoms. The van der Waals surface area contributed by atoms with Crippen molar-refractivity contribution in [2.45, 2.75) is 39.7 Å². The molecule has 0 aromatic heterocycles. The quantitative estimate of drug-likeness (QED) is 0.874. The molecule has 2 N–H and O–H groups in total. The zero-order valence-corrected chi connectivity index (χ0v) is 15.3. The molecule has 0 spiro atoms. The Kier molecular flexibility index (Phi) is 7.00. The van der Waals surface area contributed by atoms with Crippen LogP contribution in [0.15, 0.2) is 12.1 Å². The van der Waals surface area contributed by atoms with Crippen molar-refractivity contribution in [3.8, 4) is 0 Å². The van der Waals surface area contributed by atoms with E-state index in [1.54, 1.807) is 6.07 Å². The summed E-state index contributed by atoms with van der Waals surface area (Å²) in [5.74, 6) is 0.145. The van der Waals surface area contributed by atoms with Gasteiger partial charge in [-0.15, -0.1) is 12.4 Å². The van der Waals surface area contributed by atoms with Gasteiger partial charge in [0.15, 0.2) is 0 Å². The molecule has 1 aromatic rings. The monoisotopic (exact) mass is 364 g/mol. The third-order valence-electron chi connectivity index (χ3n) is 4.74. The van der Waals surface area contributed by atoms with E-state index in [9.17, 15) is 4.79 Å². The number of carbonyl (C=O) groups excluding carboxylic acids is 1. The molecule has 1 heterocycles. The summed E-state index contributed by atoms with van der Waals surface area (Å²) in [6, 6.07) is 3.69. The average molecular weight is 366 g/mol. The molecule has 0 saturated carbocycles. The van der Waals surface area contributed by atoms with Crippen LogP contribution in [0.5, 0.6) is 0 Å². The lowest BCUT2D eigenvalue weighted by Gasteiger charge is -2.38. The number of benzene rings is 1. The van der Waals surface area contributed by atoms with Crippen LogP contribution < -0.4 is 5.73 Å². The van der Waals surface area contributed by atoms with Crippen LogP contribution >= 0.6 is 35.6 Å². The molecular formula is C16H23Cl3N2O. The molecule has 1 amide bonds. The second-order valence-electron chi connectivity index (χ2n) is 5.69. The van der Waals surface area contributed by atoms with Gasteiger partial charge < -0.3 is 10.6 Å². The van der Waals surface area contributed by atoms with Crippen molar-refractivity contribution in [1.29, 1.82) is 0 Å². The maximum atomic E-state index is 12.9. The molecule has 0 atom stereocenters. The molecule has 1 aliphatic rings. The Morgan fingerprint density at radius 3 is 2.50 bits per heavy atom. The number of hydrogen-bond donors (Lipinski definition) is 1. The molecule has 3 nitrogen and oxygen atoms in total. The molecule has 2 rings (SSSR count). The van der Waals surface area contributed by atoms with E-state index < -0.39 is 5.41 Å². The summed E-state index contributed by atoms with van der Waals surface area (Å²) in [7, 11) is 0. The van der Waals surface area contributed by atoms with Crippen LogP contribution in [0.2, 0.25) is 10.0 Å². The van der Waals surface area contributed by atoms with Gasteiger partial charge >= 0.3 is 0 Å². The summed E-state index contributed by atoms with van der Waals surface area (Å²) in [5, 5.41) is 1.29. The first-order chi connectivity index (χ1) is 9.97. The summed E-state index contributed by atoms with van der Waals surface area (Å²) in [6.45, 7) is 5.69. The molecule has 124 valence electrons. The van der Waals surface area contributed by atoms with Crippen molar-refractivity contribution in [2.24, 2.45) is 11.1 Å². The van der Waals surface area contributed by atoms with Crippen LogP contribution in [0.1, 0.15) is 37.8 Å². The van der Waals surface area contributed by atoms with Crippen LogP contribution in [0.3, 0.4) is 0 Å². The number of amides is 1. The standard InChI is InChI=1S/C16H22Cl2N2O.ClH/c1-3-16(4-2,10-19)15(21)20-6-5-11-7-12(17)8-14(18)13(11)9-20;/h7-8H,3-6,9-10,19H2,1-2H3;1H. The van der Waals surface area contributed by atoms with E-state index in [1.165, 1.54) is 0 Å². The van der Waals surface area contributed by atoms with E-state index >= 15 is 0 Å². The maximum Gasteiger partial charge on any atom is 0.230 e. The van der Waals surface area contributed by atoms with Gasteiger partial charge in [-0.2, -0.15) is 0 Å². The van der Waals surface area contributed by atoms with Crippen LogP contribution in [0.4, 0.5) is 0 Å². The van der Waals surface area contributed by atoms with Gasteiger partial charge in [0, 0.05) is 29.7 Å². The number of fused-ring (bicyclic) bond motifs is 1. The highest BCUT2D eigenvalue weighted by molar-refractivity contribution is 6.35. The number of rotatable bonds is 4. The maximum absolute atomic E-state index is 12.9. The summed E-state index contributed by atoms with van der Waals surface area (Å²) >= 11 is 12.3. The van der Waals surface area contributed by atoms with Gasteiger partial charge in [-0.3, -0.25) is 4.79 Å². The smallest absolute Gasteiger partial charge is 0.230 e. The highest BCUT2D eigenvalue weighted by atomic mass is 35.5. The number of halogens is 3. The summed E-state index contributed by atoms with van der Waals surface area (Å²) in [6.07, 6.45) is 2.31. The molecule has 6 heteroatoms. The van der Waals surface area contributed by atoms with Crippen LogP contribution in [0.25, 0.3) is 0 Å². The number of nitrogens with zero attached hydrogens (tertiary/aromatic N) is 1. The van der Waals surface area contributed by atoms with Crippen molar-refractivity contribution >= 4 is 41.5 Å². The van der Waals surface area contributed by atoms with Crippen molar-refractivity contribution < 1.29 is 4.79 Å². The Labute approximate surface area is 148 Å². The molecule has 1 aromatic carbocycles. The largest absolute Gasteiger partial charge is 0.337 e. The van der Waals surface area contributed by atoms with Crippen molar-refractivity contribution in [2.75, 3.05) is 13.1 Å². The predicted octanol–water partition coefficient (Wildman–Crippen LogP) is 4.07. The third kappa shape index (κ3) is 3.53. The molecule has 1 aliphatic heterocycles. The van der Waals surface area contributed by atoms with Crippen molar-refractivity contribution in [3.63, 3.8) is 0 Å². The summed E-state index contributed by atoms with van der Waals surface area (Å²) in [4.78, 5) is 14.8. The minimum Gasteiger partial charge on any atom is -0.337 e. The molecule has 0 saturated heterocycles. The zero-order chi connectivity index (χ0) is 15.6. The highest BCUT2D eigenvalue weighted by Gasteiger charge is 2.38. The lowest BCUT2D eigenvalue weighted by atomic mass is 9.80. The van der Waals surface area contributed by atoms with Gasteiger partial charge in [-0.25, -0.2) is 0 Å². The fourth-order valence-corrected chi connectivity index (χ4v) is 3.61. The first-order valence-electron chi connectivity index (χ1n) is 7.43. The molecule has 0 radical (unpaired) electrons. The highest BCUT2D eigenvalue weighted by Crippen LogP contribution is 2.34. The Morgan fingerprint density at radius 2 is 1.95 bits per heavy atom. The number of hydrogen-bond acceptors (Lipinski definition) is 2. The second-order valence-corrected chi connectivity index (χ2v) is 6.54. The van der Waals surface area contributed by atoms with E-state index in [1.807, 2.05) is 24.8 Å². The molecular weight excluding hydrogens is 343 g/mol.